The molecule has 118 valence electrons. The van der Waals surface area contributed by atoms with E-state index in [9.17, 15) is 13.2 Å². The molecule has 0 radical (unpaired) electrons. The summed E-state index contributed by atoms with van der Waals surface area (Å²) in [6.45, 7) is 5.81. The summed E-state index contributed by atoms with van der Waals surface area (Å²) in [6, 6.07) is 3.31. The average Bonchev–Trinajstić information content (AvgIpc) is 2.33. The van der Waals surface area contributed by atoms with Gasteiger partial charge in [-0.05, 0) is 32.4 Å². The lowest BCUT2D eigenvalue weighted by molar-refractivity contribution is -0.119. The van der Waals surface area contributed by atoms with Crippen molar-refractivity contribution in [2.24, 2.45) is 5.73 Å². The Kier molecular flexibility index (Phi) is 5.68. The van der Waals surface area contributed by atoms with E-state index in [4.69, 9.17) is 5.73 Å². The zero-order valence-corrected chi connectivity index (χ0v) is 13.3. The number of aromatic nitrogens is 1. The Bertz CT molecular complexity index is 599. The number of rotatable bonds is 8. The molecule has 1 aromatic heterocycles. The Balaban J connectivity index is 3.05. The molecule has 21 heavy (non-hydrogen) atoms. The zero-order chi connectivity index (χ0) is 16.1. The van der Waals surface area contributed by atoms with Crippen molar-refractivity contribution in [1.29, 1.82) is 0 Å². The van der Waals surface area contributed by atoms with Gasteiger partial charge in [-0.2, -0.15) is 0 Å². The maximum atomic E-state index is 12.4. The van der Waals surface area contributed by atoms with Crippen LogP contribution >= 0.6 is 0 Å². The van der Waals surface area contributed by atoms with Gasteiger partial charge in [-0.15, -0.1) is 0 Å². The van der Waals surface area contributed by atoms with Crippen molar-refractivity contribution >= 4 is 21.6 Å². The molecule has 8 heteroatoms. The van der Waals surface area contributed by atoms with Gasteiger partial charge in [-0.1, -0.05) is 6.92 Å². The molecule has 0 saturated carbocycles. The van der Waals surface area contributed by atoms with Gasteiger partial charge in [-0.25, -0.2) is 18.1 Å². The fourth-order valence-electron chi connectivity index (χ4n) is 1.88. The number of hydrogen-bond acceptors (Lipinski definition) is 5. The van der Waals surface area contributed by atoms with Crippen LogP contribution in [0.2, 0.25) is 0 Å². The summed E-state index contributed by atoms with van der Waals surface area (Å²) >= 11 is 0. The monoisotopic (exact) mass is 314 g/mol. The third-order valence-electron chi connectivity index (χ3n) is 2.62. The number of anilines is 1. The van der Waals surface area contributed by atoms with E-state index in [0.29, 0.717) is 12.2 Å². The minimum Gasteiger partial charge on any atom is -0.383 e. The summed E-state index contributed by atoms with van der Waals surface area (Å²) in [5, 5.41) is 2.94. The lowest BCUT2D eigenvalue weighted by atomic mass is 10.0. The smallest absolute Gasteiger partial charge is 0.260 e. The molecule has 0 atom stereocenters. The van der Waals surface area contributed by atoms with Gasteiger partial charge in [0.1, 0.15) is 0 Å². The summed E-state index contributed by atoms with van der Waals surface area (Å²) < 4.78 is 27.4. The molecule has 1 aromatic rings. The number of amides is 1. The van der Waals surface area contributed by atoms with Crippen LogP contribution in [-0.2, 0) is 14.8 Å². The van der Waals surface area contributed by atoms with Gasteiger partial charge >= 0.3 is 0 Å². The number of pyridine rings is 1. The molecule has 0 aliphatic heterocycles. The second-order valence-electron chi connectivity index (χ2n) is 5.42. The minimum atomic E-state index is -3.86. The van der Waals surface area contributed by atoms with Crippen LogP contribution in [0.4, 0.5) is 5.69 Å². The van der Waals surface area contributed by atoms with Crippen LogP contribution in [0.25, 0.3) is 0 Å². The molecule has 0 unspecified atom stereocenters. The van der Waals surface area contributed by atoms with Crippen molar-refractivity contribution in [3.8, 4) is 0 Å². The molecule has 0 aliphatic carbocycles. The molecular weight excluding hydrogens is 292 g/mol. The summed E-state index contributed by atoms with van der Waals surface area (Å²) in [5.41, 5.74) is 4.58. The van der Waals surface area contributed by atoms with Crippen LogP contribution in [0.3, 0.4) is 0 Å². The first-order valence-electron chi connectivity index (χ1n) is 6.69. The van der Waals surface area contributed by atoms with Crippen molar-refractivity contribution in [2.45, 2.75) is 44.2 Å². The summed E-state index contributed by atoms with van der Waals surface area (Å²) in [7, 11) is -3.86. The predicted molar refractivity (Wildman–Crippen MR) is 81.2 cm³/mol. The Morgan fingerprint density at radius 2 is 2.10 bits per heavy atom. The van der Waals surface area contributed by atoms with E-state index in [-0.39, 0.29) is 11.4 Å². The van der Waals surface area contributed by atoms with Crippen molar-refractivity contribution in [3.05, 3.63) is 18.3 Å². The first kappa shape index (κ1) is 17.4. The molecule has 0 bridgehead atoms. The molecule has 1 rings (SSSR count). The first-order valence-corrected chi connectivity index (χ1v) is 8.17. The van der Waals surface area contributed by atoms with Crippen LogP contribution in [-0.4, -0.2) is 31.4 Å². The zero-order valence-electron chi connectivity index (χ0n) is 12.5. The first-order chi connectivity index (χ1) is 9.68. The second kappa shape index (κ2) is 6.86. The standard InChI is InChI=1S/C13H22N4O3S/c1-4-7-15-10-6-5-8-16-12(10)21(19,20)17-13(2,3)9-11(14)18/h5-6,8,15,17H,4,7,9H2,1-3H3,(H2,14,18). The number of carbonyl (C=O) groups is 1. The lowest BCUT2D eigenvalue weighted by Gasteiger charge is -2.24. The number of carbonyl (C=O) groups excluding carboxylic acids is 1. The van der Waals surface area contributed by atoms with E-state index in [0.717, 1.165) is 6.42 Å². The Morgan fingerprint density at radius 1 is 1.43 bits per heavy atom. The van der Waals surface area contributed by atoms with E-state index >= 15 is 0 Å². The fourth-order valence-corrected chi connectivity index (χ4v) is 3.41. The van der Waals surface area contributed by atoms with Crippen LogP contribution in [0.15, 0.2) is 23.4 Å². The summed E-state index contributed by atoms with van der Waals surface area (Å²) in [5.74, 6) is -0.576. The van der Waals surface area contributed by atoms with E-state index in [1.54, 1.807) is 26.0 Å². The van der Waals surface area contributed by atoms with E-state index in [1.165, 1.54) is 6.20 Å². The van der Waals surface area contributed by atoms with Crippen molar-refractivity contribution in [3.63, 3.8) is 0 Å². The highest BCUT2D eigenvalue weighted by Crippen LogP contribution is 2.20. The molecule has 0 spiro atoms. The Hall–Kier alpha value is -1.67. The molecule has 1 heterocycles. The third-order valence-corrected chi connectivity index (χ3v) is 4.27. The topological polar surface area (TPSA) is 114 Å². The minimum absolute atomic E-state index is 0.0870. The van der Waals surface area contributed by atoms with E-state index in [1.807, 2.05) is 6.92 Å². The van der Waals surface area contributed by atoms with Gasteiger partial charge < -0.3 is 11.1 Å². The molecule has 0 aliphatic rings. The number of nitrogens with zero attached hydrogens (tertiary/aromatic N) is 1. The number of primary amides is 1. The van der Waals surface area contributed by atoms with E-state index in [2.05, 4.69) is 15.0 Å². The number of nitrogens with one attached hydrogen (secondary N) is 2. The second-order valence-corrected chi connectivity index (χ2v) is 7.01. The highest BCUT2D eigenvalue weighted by atomic mass is 32.2. The highest BCUT2D eigenvalue weighted by molar-refractivity contribution is 7.89. The molecule has 0 saturated heterocycles. The lowest BCUT2D eigenvalue weighted by Crippen LogP contribution is -2.46. The van der Waals surface area contributed by atoms with Crippen LogP contribution in [0.5, 0.6) is 0 Å². The number of nitrogens with two attached hydrogens (primary N) is 1. The molecule has 0 fully saturated rings. The van der Waals surface area contributed by atoms with Crippen molar-refractivity contribution < 1.29 is 13.2 Å². The SMILES string of the molecule is CCCNc1cccnc1S(=O)(=O)NC(C)(C)CC(N)=O. The maximum Gasteiger partial charge on any atom is 0.260 e. The van der Waals surface area contributed by atoms with Gasteiger partial charge in [-0.3, -0.25) is 4.79 Å². The summed E-state index contributed by atoms with van der Waals surface area (Å²) in [6.07, 6.45) is 2.17. The van der Waals surface area contributed by atoms with E-state index < -0.39 is 21.5 Å². The number of sulfonamides is 1. The van der Waals surface area contributed by atoms with Crippen LogP contribution in [0.1, 0.15) is 33.6 Å². The normalized spacial score (nSPS) is 12.1. The molecule has 0 aromatic carbocycles. The average molecular weight is 314 g/mol. The van der Waals surface area contributed by atoms with Crippen LogP contribution in [0, 0.1) is 0 Å². The maximum absolute atomic E-state index is 12.4. The quantitative estimate of drug-likeness (QED) is 0.657. The molecule has 4 N–H and O–H groups in total. The van der Waals surface area contributed by atoms with Gasteiger partial charge in [0.2, 0.25) is 5.91 Å². The highest BCUT2D eigenvalue weighted by Gasteiger charge is 2.30. The largest absolute Gasteiger partial charge is 0.383 e. The van der Waals surface area contributed by atoms with Crippen molar-refractivity contribution in [2.75, 3.05) is 11.9 Å². The van der Waals surface area contributed by atoms with Gasteiger partial charge in [0.25, 0.3) is 10.0 Å². The summed E-state index contributed by atoms with van der Waals surface area (Å²) in [4.78, 5) is 14.9. The van der Waals surface area contributed by atoms with Gasteiger partial charge in [0.05, 0.1) is 5.69 Å². The molecular formula is C13H22N4O3S. The predicted octanol–water partition coefficient (Wildman–Crippen LogP) is 0.836. The van der Waals surface area contributed by atoms with Crippen molar-refractivity contribution in [1.82, 2.24) is 9.71 Å². The Labute approximate surface area is 125 Å². The Morgan fingerprint density at radius 3 is 2.67 bits per heavy atom. The fraction of sp³-hybridized carbons (Fsp3) is 0.538. The molecule has 7 nitrogen and oxygen atoms in total. The third kappa shape index (κ3) is 5.31. The van der Waals surface area contributed by atoms with Gasteiger partial charge in [0, 0.05) is 24.7 Å². The van der Waals surface area contributed by atoms with Gasteiger partial charge in [0.15, 0.2) is 5.03 Å². The van der Waals surface area contributed by atoms with Crippen LogP contribution < -0.4 is 15.8 Å². The number of hydrogen-bond donors (Lipinski definition) is 3. The molecule has 1 amide bonds.